The van der Waals surface area contributed by atoms with Crippen molar-refractivity contribution >= 4 is 11.8 Å². The van der Waals surface area contributed by atoms with Gasteiger partial charge in [0.05, 0.1) is 12.1 Å². The van der Waals surface area contributed by atoms with Gasteiger partial charge in [-0.3, -0.25) is 19.4 Å². The van der Waals surface area contributed by atoms with Crippen molar-refractivity contribution in [2.75, 3.05) is 52.4 Å². The molecule has 0 aromatic carbocycles. The third kappa shape index (κ3) is 4.68. The van der Waals surface area contributed by atoms with Crippen LogP contribution in [0.3, 0.4) is 0 Å². The highest BCUT2D eigenvalue weighted by Crippen LogP contribution is 2.15. The van der Waals surface area contributed by atoms with Crippen LogP contribution in [-0.2, 0) is 9.59 Å². The summed E-state index contributed by atoms with van der Waals surface area (Å²) in [5.74, 6) is 0.243. The van der Waals surface area contributed by atoms with Crippen LogP contribution in [0.1, 0.15) is 27.7 Å². The lowest BCUT2D eigenvalue weighted by Gasteiger charge is -2.44. The van der Waals surface area contributed by atoms with Crippen LogP contribution in [0.4, 0.5) is 0 Å². The van der Waals surface area contributed by atoms with Crippen LogP contribution < -0.4 is 0 Å². The van der Waals surface area contributed by atoms with Crippen LogP contribution in [0.15, 0.2) is 0 Å². The third-order valence-corrected chi connectivity index (χ3v) is 5.24. The Balaban J connectivity index is 1.85. The molecule has 0 unspecified atom stereocenters. The highest BCUT2D eigenvalue weighted by Gasteiger charge is 2.33. The van der Waals surface area contributed by atoms with Gasteiger partial charge in [-0.25, -0.2) is 0 Å². The standard InChI is InChI=1S/C17H32N4O3/c1-13-11-21(10-9-20(13)12-14(2)22)15(3)17(24)19-7-5-18(6-8-19)16(4)23/h13-15,22H,5-12H2,1-4H3/t13-,14-,15+/m1/s1. The molecule has 0 aliphatic carbocycles. The molecule has 7 nitrogen and oxygen atoms in total. The number of nitrogens with zero attached hydrogens (tertiary/aromatic N) is 4. The van der Waals surface area contributed by atoms with E-state index in [1.54, 1.807) is 11.8 Å². The fraction of sp³-hybridized carbons (Fsp3) is 0.882. The van der Waals surface area contributed by atoms with Gasteiger partial charge < -0.3 is 14.9 Å². The quantitative estimate of drug-likeness (QED) is 0.744. The molecule has 24 heavy (non-hydrogen) atoms. The van der Waals surface area contributed by atoms with Crippen molar-refractivity contribution < 1.29 is 14.7 Å². The lowest BCUT2D eigenvalue weighted by molar-refractivity contribution is -0.142. The maximum absolute atomic E-state index is 12.8. The third-order valence-electron chi connectivity index (χ3n) is 5.24. The lowest BCUT2D eigenvalue weighted by Crippen LogP contribution is -2.60. The lowest BCUT2D eigenvalue weighted by atomic mass is 10.1. The molecule has 0 bridgehead atoms. The second-order valence-electron chi connectivity index (χ2n) is 7.20. The van der Waals surface area contributed by atoms with Gasteiger partial charge in [0.2, 0.25) is 11.8 Å². The van der Waals surface area contributed by atoms with E-state index in [4.69, 9.17) is 0 Å². The van der Waals surface area contributed by atoms with Gasteiger partial charge in [0.1, 0.15) is 0 Å². The second-order valence-corrected chi connectivity index (χ2v) is 7.20. The van der Waals surface area contributed by atoms with E-state index in [0.29, 0.717) is 38.8 Å². The molecule has 2 rings (SSSR count). The number of β-amino-alcohol motifs (C(OH)–C–C–N with tert-alkyl or cyclic N) is 1. The van der Waals surface area contributed by atoms with E-state index in [1.807, 2.05) is 18.7 Å². The summed E-state index contributed by atoms with van der Waals surface area (Å²) in [7, 11) is 0. The maximum Gasteiger partial charge on any atom is 0.239 e. The number of aliphatic hydroxyl groups excluding tert-OH is 1. The van der Waals surface area contributed by atoms with Gasteiger partial charge in [-0.05, 0) is 20.8 Å². The molecule has 2 heterocycles. The molecule has 0 radical (unpaired) electrons. The second kappa shape index (κ2) is 8.27. The van der Waals surface area contributed by atoms with Crippen LogP contribution in [-0.4, -0.2) is 107 Å². The Labute approximate surface area is 145 Å². The van der Waals surface area contributed by atoms with Crippen LogP contribution in [0, 0.1) is 0 Å². The summed E-state index contributed by atoms with van der Waals surface area (Å²) < 4.78 is 0. The van der Waals surface area contributed by atoms with Gasteiger partial charge in [0.15, 0.2) is 0 Å². The van der Waals surface area contributed by atoms with Crippen molar-refractivity contribution in [3.8, 4) is 0 Å². The minimum atomic E-state index is -0.323. The molecule has 2 aliphatic rings. The van der Waals surface area contributed by atoms with Gasteiger partial charge in [0.25, 0.3) is 0 Å². The fourth-order valence-corrected chi connectivity index (χ4v) is 3.65. The molecule has 7 heteroatoms. The normalized spacial score (nSPS) is 26.3. The molecule has 0 saturated carbocycles. The predicted octanol–water partition coefficient (Wildman–Crippen LogP) is -0.547. The van der Waals surface area contributed by atoms with Gasteiger partial charge in [-0.1, -0.05) is 0 Å². The first kappa shape index (κ1) is 19.1. The van der Waals surface area contributed by atoms with Crippen LogP contribution in [0.2, 0.25) is 0 Å². The minimum absolute atomic E-state index is 0.0817. The summed E-state index contributed by atoms with van der Waals surface area (Å²) in [5.41, 5.74) is 0. The first-order valence-electron chi connectivity index (χ1n) is 9.00. The maximum atomic E-state index is 12.8. The van der Waals surface area contributed by atoms with Crippen molar-refractivity contribution in [2.45, 2.75) is 45.9 Å². The summed E-state index contributed by atoms with van der Waals surface area (Å²) in [5, 5.41) is 9.57. The number of carbonyl (C=O) groups is 2. The van der Waals surface area contributed by atoms with Gasteiger partial charge in [-0.15, -0.1) is 0 Å². The SMILES string of the molecule is CC(=O)N1CCN(C(=O)[C@H](C)N2CCN(C[C@@H](C)O)[C@H](C)C2)CC1. The monoisotopic (exact) mass is 340 g/mol. The molecule has 0 aromatic rings. The van der Waals surface area contributed by atoms with E-state index in [9.17, 15) is 14.7 Å². The van der Waals surface area contributed by atoms with Crippen molar-refractivity contribution in [3.05, 3.63) is 0 Å². The molecule has 1 N–H and O–H groups in total. The molecule has 3 atom stereocenters. The van der Waals surface area contributed by atoms with E-state index in [0.717, 1.165) is 19.6 Å². The van der Waals surface area contributed by atoms with Crippen molar-refractivity contribution in [1.82, 2.24) is 19.6 Å². The van der Waals surface area contributed by atoms with E-state index in [2.05, 4.69) is 16.7 Å². The average Bonchev–Trinajstić information content (AvgIpc) is 2.55. The van der Waals surface area contributed by atoms with E-state index in [1.165, 1.54) is 0 Å². The Morgan fingerprint density at radius 1 is 1.04 bits per heavy atom. The zero-order valence-corrected chi connectivity index (χ0v) is 15.4. The van der Waals surface area contributed by atoms with Crippen LogP contribution in [0.25, 0.3) is 0 Å². The number of piperazine rings is 2. The summed E-state index contributed by atoms with van der Waals surface area (Å²) in [4.78, 5) is 32.4. The number of carbonyl (C=O) groups excluding carboxylic acids is 2. The molecular weight excluding hydrogens is 308 g/mol. The summed E-state index contributed by atoms with van der Waals surface area (Å²) in [6.45, 7) is 13.3. The first-order chi connectivity index (χ1) is 11.3. The molecule has 0 spiro atoms. The number of rotatable bonds is 4. The molecule has 2 fully saturated rings. The Morgan fingerprint density at radius 3 is 2.12 bits per heavy atom. The minimum Gasteiger partial charge on any atom is -0.392 e. The molecule has 2 amide bonds. The van der Waals surface area contributed by atoms with Crippen molar-refractivity contribution in [2.24, 2.45) is 0 Å². The largest absolute Gasteiger partial charge is 0.392 e. The van der Waals surface area contributed by atoms with Crippen molar-refractivity contribution in [1.29, 1.82) is 0 Å². The van der Waals surface area contributed by atoms with E-state index in [-0.39, 0.29) is 24.0 Å². The van der Waals surface area contributed by atoms with Gasteiger partial charge in [0, 0.05) is 65.3 Å². The highest BCUT2D eigenvalue weighted by atomic mass is 16.3. The fourth-order valence-electron chi connectivity index (χ4n) is 3.65. The average molecular weight is 340 g/mol. The molecule has 2 aliphatic heterocycles. The summed E-state index contributed by atoms with van der Waals surface area (Å²) >= 11 is 0. The summed E-state index contributed by atoms with van der Waals surface area (Å²) in [6.07, 6.45) is -0.323. The Kier molecular flexibility index (Phi) is 6.60. The molecule has 0 aromatic heterocycles. The number of hydrogen-bond donors (Lipinski definition) is 1. The zero-order chi connectivity index (χ0) is 17.9. The van der Waals surface area contributed by atoms with Crippen molar-refractivity contribution in [3.63, 3.8) is 0 Å². The van der Waals surface area contributed by atoms with Gasteiger partial charge in [-0.2, -0.15) is 0 Å². The smallest absolute Gasteiger partial charge is 0.239 e. The Hall–Kier alpha value is -1.18. The van der Waals surface area contributed by atoms with E-state index >= 15 is 0 Å². The van der Waals surface area contributed by atoms with Crippen LogP contribution in [0.5, 0.6) is 0 Å². The zero-order valence-electron chi connectivity index (χ0n) is 15.4. The van der Waals surface area contributed by atoms with E-state index < -0.39 is 0 Å². The Bertz CT molecular complexity index is 449. The first-order valence-corrected chi connectivity index (χ1v) is 9.00. The predicted molar refractivity (Wildman–Crippen MR) is 92.6 cm³/mol. The molecular formula is C17H32N4O3. The molecule has 138 valence electrons. The highest BCUT2D eigenvalue weighted by molar-refractivity contribution is 5.82. The number of hydrogen-bond acceptors (Lipinski definition) is 5. The van der Waals surface area contributed by atoms with Crippen LogP contribution >= 0.6 is 0 Å². The molecule has 2 saturated heterocycles. The topological polar surface area (TPSA) is 67.3 Å². The number of aliphatic hydroxyl groups is 1. The summed E-state index contributed by atoms with van der Waals surface area (Å²) in [6, 6.07) is 0.197. The number of amides is 2. The Morgan fingerprint density at radius 2 is 1.62 bits per heavy atom. The van der Waals surface area contributed by atoms with Gasteiger partial charge >= 0.3 is 0 Å².